The van der Waals surface area contributed by atoms with Crippen molar-refractivity contribution in [3.63, 3.8) is 0 Å². The predicted molar refractivity (Wildman–Crippen MR) is 11.1 cm³/mol. The quantitative estimate of drug-likeness (QED) is 0.372. The molecule has 2 nitrogen and oxygen atoms in total. The summed E-state index contributed by atoms with van der Waals surface area (Å²) >= 11 is -2.94. The van der Waals surface area contributed by atoms with E-state index in [4.69, 9.17) is 6.80 Å². The van der Waals surface area contributed by atoms with E-state index in [0.29, 0.717) is 0 Å². The van der Waals surface area contributed by atoms with Gasteiger partial charge in [0.05, 0.1) is 0 Å². The van der Waals surface area contributed by atoms with Crippen LogP contribution in [-0.4, -0.2) is 0 Å². The van der Waals surface area contributed by atoms with Crippen molar-refractivity contribution in [2.75, 3.05) is 0 Å². The summed E-state index contributed by atoms with van der Waals surface area (Å²) in [5, 5.41) is 0. The molecule has 0 amide bonds. The Bertz CT molecular complexity index is 54.4. The van der Waals surface area contributed by atoms with E-state index < -0.39 is 16.7 Å². The molecule has 0 radical (unpaired) electrons. The fourth-order valence-corrected chi connectivity index (χ4v) is 0. The molecule has 0 aromatic carbocycles. The van der Waals surface area contributed by atoms with Crippen LogP contribution in [0.1, 0.15) is 0 Å². The predicted octanol–water partition coefficient (Wildman–Crippen LogP) is 0.0857. The summed E-state index contributed by atoms with van der Waals surface area (Å²) in [5.41, 5.74) is 0. The molecule has 0 heterocycles. The third-order valence-corrected chi connectivity index (χ3v) is 0. The first-order valence-electron chi connectivity index (χ1n) is 0.569. The number of hydrogen-bond acceptors (Lipinski definition) is 2. The van der Waals surface area contributed by atoms with Crippen LogP contribution in [0.4, 0.5) is 0 Å². The van der Waals surface area contributed by atoms with Crippen molar-refractivity contribution in [3.05, 3.63) is 0 Å². The van der Waals surface area contributed by atoms with E-state index in [1.165, 1.54) is 0 Å². The molecular formula is H2MoO2P. The Morgan fingerprint density at radius 1 is 1.50 bits per heavy atom. The SMILES string of the molecule is [O]=[Mo](=[O])[PH2]. The molecule has 4 heteroatoms. The van der Waals surface area contributed by atoms with Gasteiger partial charge in [-0.15, -0.1) is 0 Å². The molecule has 1 unspecified atom stereocenters. The first kappa shape index (κ1) is 4.72. The van der Waals surface area contributed by atoms with Gasteiger partial charge < -0.3 is 0 Å². The number of rotatable bonds is 0. The van der Waals surface area contributed by atoms with E-state index in [-0.39, 0.29) is 0 Å². The van der Waals surface area contributed by atoms with Crippen LogP contribution in [0.3, 0.4) is 0 Å². The summed E-state index contributed by atoms with van der Waals surface area (Å²) in [6, 6.07) is 0. The van der Waals surface area contributed by atoms with Crippen LogP contribution in [0.15, 0.2) is 0 Å². The fraction of sp³-hybridized carbons (Fsp3) is 0. The molecule has 0 aromatic rings. The molecular weight excluding hydrogens is 159 g/mol. The van der Waals surface area contributed by atoms with Gasteiger partial charge in [0, 0.05) is 0 Å². The van der Waals surface area contributed by atoms with Crippen molar-refractivity contribution < 1.29 is 23.5 Å². The minimum absolute atomic E-state index is 1.72. The fourth-order valence-electron chi connectivity index (χ4n) is 0. The second kappa shape index (κ2) is 1.99. The maximum absolute atomic E-state index is 9.11. The second-order valence-corrected chi connectivity index (χ2v) is 3.82. The molecule has 0 fully saturated rings. The van der Waals surface area contributed by atoms with Gasteiger partial charge in [-0.1, -0.05) is 0 Å². The van der Waals surface area contributed by atoms with Crippen molar-refractivity contribution >= 4 is 7.33 Å². The number of hydrogen-bond donors (Lipinski definition) is 0. The molecule has 0 saturated carbocycles. The summed E-state index contributed by atoms with van der Waals surface area (Å²) in [6.07, 6.45) is 0. The zero-order chi connectivity index (χ0) is 3.58. The Kier molecular flexibility index (Phi) is 2.34. The molecule has 0 aliphatic heterocycles. The van der Waals surface area contributed by atoms with Crippen molar-refractivity contribution in [1.29, 1.82) is 0 Å². The Morgan fingerprint density at radius 2 is 1.50 bits per heavy atom. The molecule has 0 aromatic heterocycles. The van der Waals surface area contributed by atoms with Crippen LogP contribution < -0.4 is 0 Å². The van der Waals surface area contributed by atoms with E-state index in [1.54, 1.807) is 7.33 Å². The van der Waals surface area contributed by atoms with Crippen LogP contribution in [0.5, 0.6) is 0 Å². The molecule has 1 atom stereocenters. The molecule has 4 heavy (non-hydrogen) atoms. The third kappa shape index (κ3) is 15.6. The van der Waals surface area contributed by atoms with Crippen LogP contribution in [0, 0.1) is 0 Å². The van der Waals surface area contributed by atoms with Gasteiger partial charge in [-0.3, -0.25) is 0 Å². The monoisotopic (exact) mass is 163 g/mol. The van der Waals surface area contributed by atoms with E-state index >= 15 is 0 Å². The topological polar surface area (TPSA) is 34.1 Å². The van der Waals surface area contributed by atoms with Crippen molar-refractivity contribution in [3.8, 4) is 0 Å². The van der Waals surface area contributed by atoms with E-state index in [9.17, 15) is 0 Å². The Morgan fingerprint density at radius 3 is 1.50 bits per heavy atom. The van der Waals surface area contributed by atoms with Gasteiger partial charge in [0.25, 0.3) is 0 Å². The van der Waals surface area contributed by atoms with Crippen molar-refractivity contribution in [1.82, 2.24) is 0 Å². The zero-order valence-electron chi connectivity index (χ0n) is 1.80. The van der Waals surface area contributed by atoms with Crippen LogP contribution in [0.25, 0.3) is 0 Å². The van der Waals surface area contributed by atoms with Crippen molar-refractivity contribution in [2.24, 2.45) is 0 Å². The summed E-state index contributed by atoms with van der Waals surface area (Å²) < 4.78 is 18.2. The first-order chi connectivity index (χ1) is 1.73. The van der Waals surface area contributed by atoms with Gasteiger partial charge in [0.2, 0.25) is 0 Å². The van der Waals surface area contributed by atoms with E-state index in [1.807, 2.05) is 0 Å². The second-order valence-electron chi connectivity index (χ2n) is 0.260. The van der Waals surface area contributed by atoms with Crippen LogP contribution in [0.2, 0.25) is 0 Å². The Hall–Kier alpha value is 0.718. The average Bonchev–Trinajstić information content (AvgIpc) is 0.811. The van der Waals surface area contributed by atoms with E-state index in [0.717, 1.165) is 0 Å². The van der Waals surface area contributed by atoms with Crippen LogP contribution >= 0.6 is 7.33 Å². The zero-order valence-corrected chi connectivity index (χ0v) is 4.96. The maximum atomic E-state index is 9.11. The Labute approximate surface area is 31.4 Å². The molecule has 0 aliphatic carbocycles. The third-order valence-electron chi connectivity index (χ3n) is 0. The van der Waals surface area contributed by atoms with Gasteiger partial charge in [0.1, 0.15) is 0 Å². The minimum atomic E-state index is -2.94. The standard InChI is InChI=1S/Mo.2O.H2P/h;;;1H2/q+1;;;-1. The molecule has 0 saturated heterocycles. The van der Waals surface area contributed by atoms with Crippen LogP contribution in [-0.2, 0) is 23.5 Å². The summed E-state index contributed by atoms with van der Waals surface area (Å²) in [5.74, 6) is 0. The van der Waals surface area contributed by atoms with Gasteiger partial charge in [0.15, 0.2) is 0 Å². The van der Waals surface area contributed by atoms with Gasteiger partial charge >= 0.3 is 30.9 Å². The Balaban J connectivity index is 3.51. The molecule has 25 valence electrons. The van der Waals surface area contributed by atoms with Gasteiger partial charge in [-0.25, -0.2) is 0 Å². The van der Waals surface area contributed by atoms with Crippen molar-refractivity contribution in [2.45, 2.75) is 0 Å². The normalized spacial score (nSPS) is 6.25. The molecule has 0 aliphatic rings. The average molecular weight is 161 g/mol. The van der Waals surface area contributed by atoms with E-state index in [2.05, 4.69) is 0 Å². The molecule has 0 spiro atoms. The molecule has 0 bridgehead atoms. The summed E-state index contributed by atoms with van der Waals surface area (Å²) in [4.78, 5) is 0. The van der Waals surface area contributed by atoms with Gasteiger partial charge in [-0.2, -0.15) is 0 Å². The summed E-state index contributed by atoms with van der Waals surface area (Å²) in [6.45, 7) is 0. The summed E-state index contributed by atoms with van der Waals surface area (Å²) in [7, 11) is 1.72. The molecule has 0 N–H and O–H groups in total. The first-order valence-corrected chi connectivity index (χ1v) is 6.16. The van der Waals surface area contributed by atoms with Gasteiger partial charge in [-0.05, 0) is 0 Å². The molecule has 0 rings (SSSR count).